The van der Waals surface area contributed by atoms with Gasteiger partial charge in [0.15, 0.2) is 0 Å². The van der Waals surface area contributed by atoms with Crippen LogP contribution < -0.4 is 0 Å². The molecule has 0 aliphatic heterocycles. The zero-order valence-electron chi connectivity index (χ0n) is 10.3. The Kier molecular flexibility index (Phi) is 4.95. The Labute approximate surface area is 97.0 Å². The third-order valence-electron chi connectivity index (χ3n) is 4.29. The summed E-state index contributed by atoms with van der Waals surface area (Å²) >= 11 is 0. The highest BCUT2D eigenvalue weighted by Crippen LogP contribution is 2.57. The van der Waals surface area contributed by atoms with Gasteiger partial charge in [0, 0.05) is 0 Å². The maximum absolute atomic E-state index is 2.61. The van der Waals surface area contributed by atoms with Crippen molar-refractivity contribution in [2.75, 3.05) is 0 Å². The lowest BCUT2D eigenvalue weighted by Crippen LogP contribution is -2.20. The Morgan fingerprint density at radius 2 is 1.13 bits per heavy atom. The van der Waals surface area contributed by atoms with Gasteiger partial charge in [-0.15, -0.1) is 0 Å². The van der Waals surface area contributed by atoms with Gasteiger partial charge < -0.3 is 0 Å². The monoisotopic (exact) mass is 225 g/mol. The standard InChI is InChI=1S/C14H26P/c1-2-15(13-9-5-3-6-10-13)14-11-7-4-8-12-14/h2,13-14H,3-12H2,1H3. The van der Waals surface area contributed by atoms with E-state index in [9.17, 15) is 0 Å². The molecule has 2 fully saturated rings. The predicted molar refractivity (Wildman–Crippen MR) is 70.6 cm³/mol. The van der Waals surface area contributed by atoms with Gasteiger partial charge >= 0.3 is 0 Å². The molecule has 2 aliphatic rings. The molecular formula is C14H26P. The third kappa shape index (κ3) is 3.19. The molecule has 0 nitrogen and oxygen atoms in total. The van der Waals surface area contributed by atoms with Crippen LogP contribution in [-0.2, 0) is 0 Å². The van der Waals surface area contributed by atoms with Gasteiger partial charge in [-0.3, -0.25) is 0 Å². The quantitative estimate of drug-likeness (QED) is 0.570. The topological polar surface area (TPSA) is 0 Å². The summed E-state index contributed by atoms with van der Waals surface area (Å²) in [6.07, 6.45) is 17.9. The van der Waals surface area contributed by atoms with Crippen molar-refractivity contribution >= 4 is 7.92 Å². The van der Waals surface area contributed by atoms with E-state index in [1.807, 2.05) is 0 Å². The highest BCUT2D eigenvalue weighted by molar-refractivity contribution is 7.61. The summed E-state index contributed by atoms with van der Waals surface area (Å²) in [4.78, 5) is 0. The van der Waals surface area contributed by atoms with Gasteiger partial charge in [-0.1, -0.05) is 53.4 Å². The van der Waals surface area contributed by atoms with Crippen molar-refractivity contribution < 1.29 is 0 Å². The molecular weight excluding hydrogens is 199 g/mol. The van der Waals surface area contributed by atoms with Gasteiger partial charge in [-0.25, -0.2) is 0 Å². The SMILES string of the molecule is C[CH]P(C1CCCCC1)C1CCCCC1. The van der Waals surface area contributed by atoms with E-state index in [0.29, 0.717) is 0 Å². The van der Waals surface area contributed by atoms with Crippen molar-refractivity contribution in [1.29, 1.82) is 0 Å². The molecule has 0 bridgehead atoms. The average Bonchev–Trinajstić information content (AvgIpc) is 2.33. The van der Waals surface area contributed by atoms with E-state index < -0.39 is 0 Å². The molecule has 0 atom stereocenters. The van der Waals surface area contributed by atoms with E-state index in [-0.39, 0.29) is 7.92 Å². The molecule has 2 saturated carbocycles. The lowest BCUT2D eigenvalue weighted by atomic mass is 9.99. The molecule has 0 unspecified atom stereocenters. The number of hydrogen-bond acceptors (Lipinski definition) is 0. The van der Waals surface area contributed by atoms with Crippen LogP contribution in [0.4, 0.5) is 0 Å². The molecule has 2 rings (SSSR count). The average molecular weight is 225 g/mol. The highest BCUT2D eigenvalue weighted by Gasteiger charge is 2.29. The fraction of sp³-hybridized carbons (Fsp3) is 0.929. The van der Waals surface area contributed by atoms with Crippen LogP contribution in [0.3, 0.4) is 0 Å². The first-order valence-corrected chi connectivity index (χ1v) is 8.53. The maximum Gasteiger partial charge on any atom is -0.0167 e. The zero-order valence-corrected chi connectivity index (χ0v) is 11.1. The van der Waals surface area contributed by atoms with E-state index in [1.54, 1.807) is 25.7 Å². The second kappa shape index (κ2) is 6.24. The molecule has 1 radical (unpaired) electrons. The minimum absolute atomic E-state index is 0.280. The molecule has 0 heterocycles. The fourth-order valence-electron chi connectivity index (χ4n) is 3.48. The molecule has 0 aromatic heterocycles. The minimum Gasteiger partial charge on any atom is -0.0968 e. The van der Waals surface area contributed by atoms with Crippen LogP contribution in [-0.4, -0.2) is 11.3 Å². The van der Waals surface area contributed by atoms with Crippen LogP contribution in [0.25, 0.3) is 0 Å². The molecule has 0 amide bonds. The second-order valence-corrected chi connectivity index (χ2v) is 8.16. The third-order valence-corrected chi connectivity index (χ3v) is 7.61. The van der Waals surface area contributed by atoms with Crippen LogP contribution in [0.2, 0.25) is 0 Å². The molecule has 0 aromatic carbocycles. The molecule has 87 valence electrons. The van der Waals surface area contributed by atoms with Crippen molar-refractivity contribution in [1.82, 2.24) is 0 Å². The van der Waals surface area contributed by atoms with Gasteiger partial charge in [0.2, 0.25) is 0 Å². The zero-order chi connectivity index (χ0) is 10.5. The predicted octanol–water partition coefficient (Wildman–Crippen LogP) is 5.32. The van der Waals surface area contributed by atoms with E-state index >= 15 is 0 Å². The van der Waals surface area contributed by atoms with E-state index in [2.05, 4.69) is 13.1 Å². The van der Waals surface area contributed by atoms with Crippen molar-refractivity contribution in [3.63, 3.8) is 0 Å². The summed E-state index contributed by atoms with van der Waals surface area (Å²) in [6, 6.07) is 0. The fourth-order valence-corrected chi connectivity index (χ4v) is 6.84. The Morgan fingerprint density at radius 3 is 1.47 bits per heavy atom. The molecule has 15 heavy (non-hydrogen) atoms. The smallest absolute Gasteiger partial charge is 0.0167 e. The summed E-state index contributed by atoms with van der Waals surface area (Å²) in [5.74, 6) is 0. The minimum atomic E-state index is 0.280. The van der Waals surface area contributed by atoms with Crippen LogP contribution in [0, 0.1) is 6.16 Å². The Balaban J connectivity index is 1.88. The van der Waals surface area contributed by atoms with Crippen LogP contribution in [0.15, 0.2) is 0 Å². The first kappa shape index (κ1) is 11.9. The van der Waals surface area contributed by atoms with Crippen molar-refractivity contribution in [2.45, 2.75) is 82.4 Å². The van der Waals surface area contributed by atoms with Gasteiger partial charge in [0.05, 0.1) is 0 Å². The van der Waals surface area contributed by atoms with Crippen LogP contribution in [0.1, 0.15) is 71.1 Å². The number of hydrogen-bond donors (Lipinski definition) is 0. The largest absolute Gasteiger partial charge is 0.0968 e. The van der Waals surface area contributed by atoms with Crippen LogP contribution >= 0.6 is 7.92 Å². The van der Waals surface area contributed by atoms with Gasteiger partial charge in [0.25, 0.3) is 0 Å². The normalized spacial score (nSPS) is 26.0. The van der Waals surface area contributed by atoms with Crippen LogP contribution in [0.5, 0.6) is 0 Å². The van der Waals surface area contributed by atoms with E-state index in [1.165, 1.54) is 38.5 Å². The summed E-state index contributed by atoms with van der Waals surface area (Å²) in [7, 11) is 0.280. The Hall–Kier alpha value is 0.430. The first-order chi connectivity index (χ1) is 7.42. The summed E-state index contributed by atoms with van der Waals surface area (Å²) < 4.78 is 0. The second-order valence-electron chi connectivity index (χ2n) is 5.29. The molecule has 1 heteroatoms. The lowest BCUT2D eigenvalue weighted by Gasteiger charge is -2.37. The molecule has 0 N–H and O–H groups in total. The maximum atomic E-state index is 2.61. The molecule has 0 saturated heterocycles. The van der Waals surface area contributed by atoms with Gasteiger partial charge in [0.1, 0.15) is 0 Å². The van der Waals surface area contributed by atoms with Gasteiger partial charge in [-0.2, -0.15) is 0 Å². The summed E-state index contributed by atoms with van der Waals surface area (Å²) in [6.45, 7) is 2.34. The van der Waals surface area contributed by atoms with E-state index in [0.717, 1.165) is 11.3 Å². The first-order valence-electron chi connectivity index (χ1n) is 6.98. The summed E-state index contributed by atoms with van der Waals surface area (Å²) in [5.41, 5.74) is 2.23. The summed E-state index contributed by atoms with van der Waals surface area (Å²) in [5, 5.41) is 0. The Bertz CT molecular complexity index is 148. The Morgan fingerprint density at radius 1 is 0.733 bits per heavy atom. The highest BCUT2D eigenvalue weighted by atomic mass is 31.1. The molecule has 0 aromatic rings. The van der Waals surface area contributed by atoms with Crippen molar-refractivity contribution in [3.05, 3.63) is 6.16 Å². The van der Waals surface area contributed by atoms with Crippen molar-refractivity contribution in [3.8, 4) is 0 Å². The van der Waals surface area contributed by atoms with E-state index in [4.69, 9.17) is 0 Å². The molecule has 0 spiro atoms. The number of rotatable bonds is 3. The molecule has 2 aliphatic carbocycles. The van der Waals surface area contributed by atoms with Gasteiger partial charge in [-0.05, 0) is 43.2 Å². The lowest BCUT2D eigenvalue weighted by molar-refractivity contribution is 0.486. The van der Waals surface area contributed by atoms with Crippen molar-refractivity contribution in [2.24, 2.45) is 0 Å².